The molecule has 0 saturated carbocycles. The first-order valence-electron chi connectivity index (χ1n) is 4.09. The predicted molar refractivity (Wildman–Crippen MR) is 58.2 cm³/mol. The van der Waals surface area contributed by atoms with Crippen LogP contribution in [-0.2, 0) is 4.74 Å². The third-order valence-electron chi connectivity index (χ3n) is 2.10. The summed E-state index contributed by atoms with van der Waals surface area (Å²) in [7, 11) is 1.69. The minimum atomic E-state index is -0.366. The van der Waals surface area contributed by atoms with E-state index in [4.69, 9.17) is 4.74 Å². The van der Waals surface area contributed by atoms with E-state index < -0.39 is 0 Å². The van der Waals surface area contributed by atoms with Gasteiger partial charge in [0.15, 0.2) is 0 Å². The number of nitrogens with zero attached hydrogens (tertiary/aromatic N) is 1. The van der Waals surface area contributed by atoms with Gasteiger partial charge >= 0.3 is 6.09 Å². The van der Waals surface area contributed by atoms with Crippen molar-refractivity contribution in [2.75, 3.05) is 11.9 Å². The monoisotopic (exact) mass is 253 g/mol. The summed E-state index contributed by atoms with van der Waals surface area (Å²) in [6, 6.07) is 7.58. The van der Waals surface area contributed by atoms with E-state index in [0.717, 1.165) is 11.3 Å². The molecule has 72 valence electrons. The van der Waals surface area contributed by atoms with Crippen molar-refractivity contribution >= 4 is 33.5 Å². The Bertz CT molecular complexity index is 414. The first kappa shape index (κ1) is 9.27. The summed E-state index contributed by atoms with van der Waals surface area (Å²) in [4.78, 5) is 14.5. The van der Waals surface area contributed by atoms with Crippen molar-refractivity contribution in [2.45, 2.75) is 0 Å². The van der Waals surface area contributed by atoms with Crippen LogP contribution in [0.4, 0.5) is 10.5 Å². The molecule has 1 aliphatic rings. The Morgan fingerprint density at radius 3 is 2.86 bits per heavy atom. The molecule has 0 spiro atoms. The number of para-hydroxylation sites is 1. The lowest BCUT2D eigenvalue weighted by Gasteiger charge is -2.26. The van der Waals surface area contributed by atoms with E-state index in [2.05, 4.69) is 15.9 Å². The molecule has 0 bridgehead atoms. The number of ether oxygens (including phenoxy) is 1. The minimum absolute atomic E-state index is 0.366. The van der Waals surface area contributed by atoms with Gasteiger partial charge in [0.1, 0.15) is 5.76 Å². The number of carbonyl (C=O) groups is 1. The van der Waals surface area contributed by atoms with Gasteiger partial charge in [-0.25, -0.2) is 4.79 Å². The summed E-state index contributed by atoms with van der Waals surface area (Å²) in [6.45, 7) is 0. The third kappa shape index (κ3) is 1.32. The summed E-state index contributed by atoms with van der Waals surface area (Å²) in [5.41, 5.74) is 1.76. The van der Waals surface area contributed by atoms with Crippen molar-refractivity contribution in [2.24, 2.45) is 0 Å². The first-order valence-corrected chi connectivity index (χ1v) is 5.01. The number of benzene rings is 1. The van der Waals surface area contributed by atoms with Crippen LogP contribution in [0.5, 0.6) is 0 Å². The molecule has 1 aromatic carbocycles. The SMILES string of the molecule is CN1C(=O)O/C(=C\Br)c2ccccc21. The second-order valence-electron chi connectivity index (χ2n) is 2.92. The fourth-order valence-corrected chi connectivity index (χ4v) is 1.71. The number of amides is 1. The van der Waals surface area contributed by atoms with Gasteiger partial charge in [-0.1, -0.05) is 28.1 Å². The molecule has 14 heavy (non-hydrogen) atoms. The van der Waals surface area contributed by atoms with E-state index in [1.54, 1.807) is 12.0 Å². The van der Waals surface area contributed by atoms with E-state index in [1.807, 2.05) is 24.3 Å². The molecule has 0 radical (unpaired) electrons. The van der Waals surface area contributed by atoms with Gasteiger partial charge in [-0.3, -0.25) is 4.90 Å². The highest BCUT2D eigenvalue weighted by atomic mass is 79.9. The second kappa shape index (κ2) is 3.46. The number of hydrogen-bond acceptors (Lipinski definition) is 2. The molecular weight excluding hydrogens is 246 g/mol. The van der Waals surface area contributed by atoms with E-state index in [0.29, 0.717) is 5.76 Å². The fraction of sp³-hybridized carbons (Fsp3) is 0.100. The lowest BCUT2D eigenvalue weighted by molar-refractivity contribution is 0.199. The van der Waals surface area contributed by atoms with Crippen molar-refractivity contribution in [1.29, 1.82) is 0 Å². The largest absolute Gasteiger partial charge is 0.419 e. The number of rotatable bonds is 0. The average molecular weight is 254 g/mol. The zero-order valence-electron chi connectivity index (χ0n) is 7.53. The Hall–Kier alpha value is -1.29. The van der Waals surface area contributed by atoms with Crippen LogP contribution in [0.3, 0.4) is 0 Å². The van der Waals surface area contributed by atoms with Crippen LogP contribution in [0.2, 0.25) is 0 Å². The van der Waals surface area contributed by atoms with Crippen LogP contribution >= 0.6 is 15.9 Å². The third-order valence-corrected chi connectivity index (χ3v) is 2.52. The zero-order valence-corrected chi connectivity index (χ0v) is 9.11. The van der Waals surface area contributed by atoms with E-state index in [1.165, 1.54) is 4.90 Å². The normalized spacial score (nSPS) is 18.0. The molecule has 0 atom stereocenters. The molecule has 2 rings (SSSR count). The quantitative estimate of drug-likeness (QED) is 0.712. The maximum atomic E-state index is 11.4. The van der Waals surface area contributed by atoms with Crippen molar-refractivity contribution in [3.05, 3.63) is 34.8 Å². The molecule has 3 nitrogen and oxygen atoms in total. The minimum Gasteiger partial charge on any atom is -0.409 e. The van der Waals surface area contributed by atoms with Gasteiger partial charge in [-0.05, 0) is 12.1 Å². The summed E-state index contributed by atoms with van der Waals surface area (Å²) in [6.07, 6.45) is -0.366. The van der Waals surface area contributed by atoms with E-state index in [-0.39, 0.29) is 6.09 Å². The lowest BCUT2D eigenvalue weighted by atomic mass is 10.1. The maximum Gasteiger partial charge on any atom is 0.419 e. The van der Waals surface area contributed by atoms with Crippen LogP contribution in [0.15, 0.2) is 29.3 Å². The number of carbonyl (C=O) groups excluding carboxylic acids is 1. The molecule has 0 saturated heterocycles. The van der Waals surface area contributed by atoms with Crippen LogP contribution < -0.4 is 4.90 Å². The van der Waals surface area contributed by atoms with Crippen LogP contribution in [0.25, 0.3) is 5.76 Å². The van der Waals surface area contributed by atoms with Gasteiger partial charge in [0, 0.05) is 17.6 Å². The maximum absolute atomic E-state index is 11.4. The Morgan fingerprint density at radius 1 is 1.43 bits per heavy atom. The number of anilines is 1. The summed E-state index contributed by atoms with van der Waals surface area (Å²) < 4.78 is 5.08. The van der Waals surface area contributed by atoms with E-state index in [9.17, 15) is 4.79 Å². The van der Waals surface area contributed by atoms with Crippen LogP contribution in [0, 0.1) is 0 Å². The number of cyclic esters (lactones) is 1. The smallest absolute Gasteiger partial charge is 0.409 e. The molecule has 1 aromatic rings. The van der Waals surface area contributed by atoms with Gasteiger partial charge in [-0.2, -0.15) is 0 Å². The molecule has 0 aliphatic carbocycles. The average Bonchev–Trinajstić information content (AvgIpc) is 2.23. The van der Waals surface area contributed by atoms with Gasteiger partial charge in [0.05, 0.1) is 5.69 Å². The Kier molecular flexibility index (Phi) is 2.29. The van der Waals surface area contributed by atoms with Crippen molar-refractivity contribution in [3.63, 3.8) is 0 Å². The standard InChI is InChI=1S/C10H8BrNO2/c1-12-8-5-3-2-4-7(8)9(6-11)14-10(12)13/h2-6H,1H3/b9-6-. The highest BCUT2D eigenvalue weighted by Crippen LogP contribution is 2.33. The zero-order chi connectivity index (χ0) is 10.1. The number of halogens is 1. The van der Waals surface area contributed by atoms with Crippen LogP contribution in [0.1, 0.15) is 5.56 Å². The molecule has 1 amide bonds. The molecule has 0 N–H and O–H groups in total. The van der Waals surface area contributed by atoms with Crippen molar-refractivity contribution in [1.82, 2.24) is 0 Å². The van der Waals surface area contributed by atoms with Crippen molar-refractivity contribution < 1.29 is 9.53 Å². The molecule has 1 aliphatic heterocycles. The fourth-order valence-electron chi connectivity index (χ4n) is 1.37. The molecular formula is C10H8BrNO2. The Labute approximate surface area is 90.1 Å². The Balaban J connectivity index is 2.61. The molecule has 4 heteroatoms. The summed E-state index contributed by atoms with van der Waals surface area (Å²) in [5.74, 6) is 0.545. The molecule has 0 unspecified atom stereocenters. The summed E-state index contributed by atoms with van der Waals surface area (Å²) >= 11 is 3.17. The lowest BCUT2D eigenvalue weighted by Crippen LogP contribution is -2.31. The van der Waals surface area contributed by atoms with Gasteiger partial charge in [0.25, 0.3) is 0 Å². The summed E-state index contributed by atoms with van der Waals surface area (Å²) in [5, 5.41) is 0. The van der Waals surface area contributed by atoms with Gasteiger partial charge in [-0.15, -0.1) is 0 Å². The first-order chi connectivity index (χ1) is 6.74. The Morgan fingerprint density at radius 2 is 2.14 bits per heavy atom. The predicted octanol–water partition coefficient (Wildman–Crippen LogP) is 2.97. The highest BCUT2D eigenvalue weighted by molar-refractivity contribution is 9.11. The number of hydrogen-bond donors (Lipinski definition) is 0. The molecule has 0 fully saturated rings. The van der Waals surface area contributed by atoms with E-state index >= 15 is 0 Å². The van der Waals surface area contributed by atoms with Crippen molar-refractivity contribution in [3.8, 4) is 0 Å². The number of fused-ring (bicyclic) bond motifs is 1. The topological polar surface area (TPSA) is 29.5 Å². The second-order valence-corrected chi connectivity index (χ2v) is 3.38. The molecule has 0 aromatic heterocycles. The van der Waals surface area contributed by atoms with Gasteiger partial charge in [0.2, 0.25) is 0 Å². The molecule has 1 heterocycles. The highest BCUT2D eigenvalue weighted by Gasteiger charge is 2.25. The van der Waals surface area contributed by atoms with Crippen LogP contribution in [-0.4, -0.2) is 13.1 Å². The van der Waals surface area contributed by atoms with Gasteiger partial charge < -0.3 is 4.74 Å².